The Hall–Kier alpha value is -1.84. The lowest BCUT2D eigenvalue weighted by Gasteiger charge is -2.17. The van der Waals surface area contributed by atoms with E-state index >= 15 is 0 Å². The summed E-state index contributed by atoms with van der Waals surface area (Å²) in [5, 5.41) is 9.03. The van der Waals surface area contributed by atoms with Gasteiger partial charge in [0.15, 0.2) is 0 Å². The predicted molar refractivity (Wildman–Crippen MR) is 162 cm³/mol. The van der Waals surface area contributed by atoms with Gasteiger partial charge in [-0.05, 0) is 57.8 Å². The molecule has 0 aromatic carbocycles. The first-order valence-electron chi connectivity index (χ1n) is 16.0. The van der Waals surface area contributed by atoms with Crippen LogP contribution in [0.3, 0.4) is 0 Å². The molecule has 0 spiro atoms. The van der Waals surface area contributed by atoms with E-state index in [-0.39, 0.29) is 18.5 Å². The van der Waals surface area contributed by atoms with Crippen LogP contribution >= 0.6 is 0 Å². The molecule has 38 heavy (non-hydrogen) atoms. The summed E-state index contributed by atoms with van der Waals surface area (Å²) in [6, 6.07) is 0. The van der Waals surface area contributed by atoms with E-state index in [0.29, 0.717) is 12.8 Å². The zero-order chi connectivity index (χ0) is 27.9. The fraction of sp³-hybridized carbons (Fsp3) is 0.765. The molecule has 220 valence electrons. The highest BCUT2D eigenvalue weighted by atomic mass is 16.5. The molecule has 0 rings (SSSR count). The number of esters is 1. The zero-order valence-electron chi connectivity index (χ0n) is 25.0. The number of allylic oxidation sites excluding steroid dienone is 6. The molecule has 0 fully saturated rings. The fourth-order valence-corrected chi connectivity index (χ4v) is 4.54. The molecule has 0 amide bonds. The van der Waals surface area contributed by atoms with Crippen LogP contribution in [-0.2, 0) is 14.3 Å². The lowest BCUT2D eigenvalue weighted by Crippen LogP contribution is -2.19. The number of hydrogen-bond acceptors (Lipinski definition) is 3. The van der Waals surface area contributed by atoms with E-state index < -0.39 is 5.97 Å². The summed E-state index contributed by atoms with van der Waals surface area (Å²) in [6.07, 6.45) is 37.2. The Morgan fingerprint density at radius 3 is 1.74 bits per heavy atom. The van der Waals surface area contributed by atoms with Gasteiger partial charge in [-0.3, -0.25) is 9.59 Å². The second kappa shape index (κ2) is 29.7. The number of carbonyl (C=O) groups is 2. The maximum absolute atomic E-state index is 12.3. The van der Waals surface area contributed by atoms with Gasteiger partial charge in [0.05, 0.1) is 0 Å². The number of rotatable bonds is 28. The maximum atomic E-state index is 12.3. The smallest absolute Gasteiger partial charge is 0.306 e. The molecule has 1 N–H and O–H groups in total. The number of ether oxygens (including phenoxy) is 1. The minimum atomic E-state index is -0.818. The van der Waals surface area contributed by atoms with E-state index in [0.717, 1.165) is 57.8 Å². The summed E-state index contributed by atoms with van der Waals surface area (Å²) in [6.45, 7) is 4.39. The van der Waals surface area contributed by atoms with Gasteiger partial charge in [0.2, 0.25) is 0 Å². The molecule has 0 aromatic heterocycles. The van der Waals surface area contributed by atoms with Crippen molar-refractivity contribution in [1.82, 2.24) is 0 Å². The van der Waals surface area contributed by atoms with Crippen LogP contribution < -0.4 is 0 Å². The molecule has 0 aliphatic rings. The molecule has 0 aromatic rings. The van der Waals surface area contributed by atoms with Crippen molar-refractivity contribution in [3.63, 3.8) is 0 Å². The lowest BCUT2D eigenvalue weighted by atomic mass is 10.0. The van der Waals surface area contributed by atoms with E-state index in [4.69, 9.17) is 9.84 Å². The molecular weight excluding hydrogens is 472 g/mol. The number of carboxylic acids is 1. The van der Waals surface area contributed by atoms with Crippen LogP contribution in [0.15, 0.2) is 36.5 Å². The first-order chi connectivity index (χ1) is 18.6. The van der Waals surface area contributed by atoms with Crippen LogP contribution in [-0.4, -0.2) is 23.1 Å². The number of aliphatic carboxylic acids is 1. The van der Waals surface area contributed by atoms with E-state index in [1.807, 2.05) is 0 Å². The summed E-state index contributed by atoms with van der Waals surface area (Å²) in [7, 11) is 0. The Kier molecular flexibility index (Phi) is 28.3. The topological polar surface area (TPSA) is 63.6 Å². The number of unbranched alkanes of at least 4 members (excludes halogenated alkanes) is 14. The third kappa shape index (κ3) is 28.7. The van der Waals surface area contributed by atoms with Gasteiger partial charge in [-0.2, -0.15) is 0 Å². The fourth-order valence-electron chi connectivity index (χ4n) is 4.54. The van der Waals surface area contributed by atoms with E-state index in [1.54, 1.807) is 0 Å². The number of carboxylic acid groups (broad SMARTS) is 1. The number of hydrogen-bond donors (Lipinski definition) is 1. The van der Waals surface area contributed by atoms with Gasteiger partial charge < -0.3 is 9.84 Å². The molecule has 0 aliphatic carbocycles. The molecule has 4 nitrogen and oxygen atoms in total. The molecule has 0 bridgehead atoms. The molecule has 1 unspecified atom stereocenters. The molecule has 0 radical (unpaired) electrons. The first kappa shape index (κ1) is 36.2. The molecule has 4 heteroatoms. The molecule has 0 heterocycles. The predicted octanol–water partition coefficient (Wildman–Crippen LogP) is 10.7. The second-order valence-electron chi connectivity index (χ2n) is 10.6. The van der Waals surface area contributed by atoms with Crippen molar-refractivity contribution in [1.29, 1.82) is 0 Å². The van der Waals surface area contributed by atoms with Crippen molar-refractivity contribution in [3.8, 4) is 0 Å². The van der Waals surface area contributed by atoms with Crippen LogP contribution in [0.25, 0.3) is 0 Å². The summed E-state index contributed by atoms with van der Waals surface area (Å²) in [4.78, 5) is 23.3. The Balaban J connectivity index is 3.76. The Labute approximate surface area is 235 Å². The van der Waals surface area contributed by atoms with Crippen molar-refractivity contribution in [2.45, 2.75) is 168 Å². The first-order valence-corrected chi connectivity index (χ1v) is 16.0. The highest BCUT2D eigenvalue weighted by Gasteiger charge is 2.15. The Morgan fingerprint density at radius 1 is 0.605 bits per heavy atom. The maximum Gasteiger partial charge on any atom is 0.306 e. The minimum Gasteiger partial charge on any atom is -0.481 e. The van der Waals surface area contributed by atoms with Gasteiger partial charge >= 0.3 is 11.9 Å². The average Bonchev–Trinajstić information content (AvgIpc) is 2.90. The van der Waals surface area contributed by atoms with Crippen molar-refractivity contribution in [3.05, 3.63) is 36.5 Å². The summed E-state index contributed by atoms with van der Waals surface area (Å²) >= 11 is 0. The van der Waals surface area contributed by atoms with Crippen molar-refractivity contribution >= 4 is 11.9 Å². The van der Waals surface area contributed by atoms with Crippen molar-refractivity contribution in [2.24, 2.45) is 0 Å². The monoisotopic (exact) mass is 532 g/mol. The summed E-state index contributed by atoms with van der Waals surface area (Å²) in [5.74, 6) is -0.972. The summed E-state index contributed by atoms with van der Waals surface area (Å²) < 4.78 is 5.67. The highest BCUT2D eigenvalue weighted by Crippen LogP contribution is 2.17. The third-order valence-electron chi connectivity index (χ3n) is 6.89. The van der Waals surface area contributed by atoms with Gasteiger partial charge in [0, 0.05) is 12.8 Å². The third-order valence-corrected chi connectivity index (χ3v) is 6.89. The normalized spacial score (nSPS) is 12.7. The zero-order valence-corrected chi connectivity index (χ0v) is 25.0. The molecule has 0 saturated carbocycles. The van der Waals surface area contributed by atoms with Crippen molar-refractivity contribution < 1.29 is 19.4 Å². The summed E-state index contributed by atoms with van der Waals surface area (Å²) in [5.41, 5.74) is 0. The Morgan fingerprint density at radius 2 is 1.13 bits per heavy atom. The van der Waals surface area contributed by atoms with Crippen LogP contribution in [0, 0.1) is 0 Å². The van der Waals surface area contributed by atoms with Gasteiger partial charge in [-0.25, -0.2) is 0 Å². The van der Waals surface area contributed by atoms with Gasteiger partial charge in [-0.15, -0.1) is 0 Å². The van der Waals surface area contributed by atoms with E-state index in [2.05, 4.69) is 50.3 Å². The highest BCUT2D eigenvalue weighted by molar-refractivity contribution is 5.69. The second-order valence-corrected chi connectivity index (χ2v) is 10.6. The molecular formula is C34H60O4. The molecule has 0 aliphatic heterocycles. The molecule has 1 atom stereocenters. The average molecular weight is 533 g/mol. The van der Waals surface area contributed by atoms with E-state index in [1.165, 1.54) is 70.6 Å². The largest absolute Gasteiger partial charge is 0.481 e. The van der Waals surface area contributed by atoms with Gasteiger partial charge in [0.25, 0.3) is 0 Å². The van der Waals surface area contributed by atoms with E-state index in [9.17, 15) is 9.59 Å². The van der Waals surface area contributed by atoms with Crippen molar-refractivity contribution in [2.75, 3.05) is 0 Å². The van der Waals surface area contributed by atoms with Gasteiger partial charge in [-0.1, -0.05) is 127 Å². The number of carbonyl (C=O) groups excluding carboxylic acids is 1. The quantitative estimate of drug-likeness (QED) is 0.0618. The lowest BCUT2D eigenvalue weighted by molar-refractivity contribution is -0.151. The molecule has 0 saturated heterocycles. The van der Waals surface area contributed by atoms with Crippen LogP contribution in [0.5, 0.6) is 0 Å². The SMILES string of the molecule is CC/C=C\C/C=C\C/C=C\CCCCCCCCCC(=O)OC(CCCCCCCCCC)CCC(=O)O. The van der Waals surface area contributed by atoms with Crippen LogP contribution in [0.4, 0.5) is 0 Å². The van der Waals surface area contributed by atoms with Crippen LogP contribution in [0.2, 0.25) is 0 Å². The van der Waals surface area contributed by atoms with Gasteiger partial charge in [0.1, 0.15) is 6.10 Å². The standard InChI is InChI=1S/C34H60O4/c1-3-5-7-9-11-13-14-15-16-17-18-19-20-21-23-25-27-29-34(37)38-32(30-31-33(35)36)28-26-24-22-12-10-8-6-4-2/h5,7,11,13,15-16,32H,3-4,6,8-10,12,14,17-31H2,1-2H3,(H,35,36)/b7-5-,13-11-,16-15-. The Bertz CT molecular complexity index is 620. The van der Waals surface area contributed by atoms with Crippen LogP contribution in [0.1, 0.15) is 162 Å². The minimum absolute atomic E-state index is 0.0682.